The van der Waals surface area contributed by atoms with Gasteiger partial charge in [0.05, 0.1) is 23.8 Å². The summed E-state index contributed by atoms with van der Waals surface area (Å²) < 4.78 is 38.0. The van der Waals surface area contributed by atoms with Crippen LogP contribution in [0.5, 0.6) is 5.88 Å². The van der Waals surface area contributed by atoms with E-state index < -0.39 is 10.0 Å². The van der Waals surface area contributed by atoms with Crippen LogP contribution in [0.3, 0.4) is 0 Å². The summed E-state index contributed by atoms with van der Waals surface area (Å²) in [5, 5.41) is 2.79. The Morgan fingerprint density at radius 2 is 1.87 bits per heavy atom. The average Bonchev–Trinajstić information content (AvgIpc) is 3.25. The quantitative estimate of drug-likeness (QED) is 0.541. The van der Waals surface area contributed by atoms with Gasteiger partial charge in [-0.15, -0.1) is 0 Å². The van der Waals surface area contributed by atoms with Gasteiger partial charge in [-0.2, -0.15) is 0 Å². The van der Waals surface area contributed by atoms with Gasteiger partial charge >= 0.3 is 0 Å². The zero-order valence-corrected chi connectivity index (χ0v) is 17.5. The molecule has 30 heavy (non-hydrogen) atoms. The molecule has 0 bridgehead atoms. The minimum atomic E-state index is -3.72. The Bertz CT molecular complexity index is 1080. The Morgan fingerprint density at radius 1 is 1.10 bits per heavy atom. The lowest BCUT2D eigenvalue weighted by atomic mass is 10.2. The van der Waals surface area contributed by atoms with Crippen molar-refractivity contribution in [2.45, 2.75) is 37.9 Å². The standard InChI is InChI=1S/C21H23N3O5S/c1-15(2)29-21-17(5-3-11-22-21)13-23-20(25)16-7-9-19(10-8-16)30(26,27)24-14-18-6-4-12-28-18/h3-12,15,24H,13-14H2,1-2H3,(H,23,25). The van der Waals surface area contributed by atoms with Crippen molar-refractivity contribution in [1.82, 2.24) is 15.0 Å². The summed E-state index contributed by atoms with van der Waals surface area (Å²) >= 11 is 0. The Hall–Kier alpha value is -3.17. The third-order valence-corrected chi connectivity index (χ3v) is 5.50. The van der Waals surface area contributed by atoms with Crippen molar-refractivity contribution in [1.29, 1.82) is 0 Å². The zero-order valence-electron chi connectivity index (χ0n) is 16.7. The maximum Gasteiger partial charge on any atom is 0.251 e. The van der Waals surface area contributed by atoms with Crippen LogP contribution in [0.4, 0.5) is 0 Å². The molecule has 2 N–H and O–H groups in total. The van der Waals surface area contributed by atoms with Gasteiger partial charge in [0, 0.05) is 23.9 Å². The Labute approximate surface area is 175 Å². The van der Waals surface area contributed by atoms with E-state index in [9.17, 15) is 13.2 Å². The number of pyridine rings is 1. The predicted molar refractivity (Wildman–Crippen MR) is 110 cm³/mol. The monoisotopic (exact) mass is 429 g/mol. The van der Waals surface area contributed by atoms with Crippen molar-refractivity contribution in [2.75, 3.05) is 0 Å². The third kappa shape index (κ3) is 5.68. The van der Waals surface area contributed by atoms with E-state index in [1.54, 1.807) is 24.4 Å². The van der Waals surface area contributed by atoms with E-state index in [4.69, 9.17) is 9.15 Å². The third-order valence-electron chi connectivity index (χ3n) is 4.08. The van der Waals surface area contributed by atoms with E-state index in [1.165, 1.54) is 30.5 Å². The number of hydrogen-bond donors (Lipinski definition) is 2. The number of furan rings is 1. The van der Waals surface area contributed by atoms with Crippen LogP contribution in [0.1, 0.15) is 35.5 Å². The summed E-state index contributed by atoms with van der Waals surface area (Å²) in [6, 6.07) is 12.6. The summed E-state index contributed by atoms with van der Waals surface area (Å²) in [6.45, 7) is 4.08. The van der Waals surface area contributed by atoms with Crippen molar-refractivity contribution in [3.8, 4) is 5.88 Å². The lowest BCUT2D eigenvalue weighted by Crippen LogP contribution is -2.25. The molecule has 0 aliphatic rings. The van der Waals surface area contributed by atoms with Gasteiger partial charge in [-0.1, -0.05) is 6.07 Å². The molecular weight excluding hydrogens is 406 g/mol. The smallest absolute Gasteiger partial charge is 0.251 e. The lowest BCUT2D eigenvalue weighted by molar-refractivity contribution is 0.0950. The van der Waals surface area contributed by atoms with E-state index in [-0.39, 0.29) is 30.0 Å². The number of nitrogens with zero attached hydrogens (tertiary/aromatic N) is 1. The van der Waals surface area contributed by atoms with E-state index in [0.29, 0.717) is 17.2 Å². The summed E-state index contributed by atoms with van der Waals surface area (Å²) in [7, 11) is -3.72. The molecular formula is C21H23N3O5S. The van der Waals surface area contributed by atoms with E-state index in [0.717, 1.165) is 5.56 Å². The molecule has 8 nitrogen and oxygen atoms in total. The number of nitrogens with one attached hydrogen (secondary N) is 2. The molecule has 9 heteroatoms. The number of amides is 1. The van der Waals surface area contributed by atoms with Gasteiger partial charge in [-0.3, -0.25) is 4.79 Å². The first-order chi connectivity index (χ1) is 14.3. The van der Waals surface area contributed by atoms with Crippen molar-refractivity contribution < 1.29 is 22.4 Å². The molecule has 2 heterocycles. The molecule has 1 aromatic carbocycles. The maximum absolute atomic E-state index is 12.4. The van der Waals surface area contributed by atoms with Crippen molar-refractivity contribution in [3.05, 3.63) is 77.9 Å². The number of carbonyl (C=O) groups excluding carboxylic acids is 1. The van der Waals surface area contributed by atoms with Gasteiger partial charge in [0.25, 0.3) is 5.91 Å². The predicted octanol–water partition coefficient (Wildman–Crippen LogP) is 2.87. The number of rotatable bonds is 9. The molecule has 2 aromatic heterocycles. The second kappa shape index (κ2) is 9.55. The highest BCUT2D eigenvalue weighted by molar-refractivity contribution is 7.89. The van der Waals surface area contributed by atoms with Crippen LogP contribution in [0.2, 0.25) is 0 Å². The molecule has 0 saturated heterocycles. The van der Waals surface area contributed by atoms with Gasteiger partial charge in [0.1, 0.15) is 5.76 Å². The molecule has 0 aliphatic carbocycles. The minimum Gasteiger partial charge on any atom is -0.475 e. The maximum atomic E-state index is 12.4. The molecule has 0 unspecified atom stereocenters. The fraction of sp³-hybridized carbons (Fsp3) is 0.238. The number of aromatic nitrogens is 1. The van der Waals surface area contributed by atoms with E-state index in [1.807, 2.05) is 19.9 Å². The first-order valence-corrected chi connectivity index (χ1v) is 10.8. The normalized spacial score (nSPS) is 11.4. The largest absolute Gasteiger partial charge is 0.475 e. The first kappa shape index (κ1) is 21.5. The van der Waals surface area contributed by atoms with Crippen LogP contribution < -0.4 is 14.8 Å². The molecule has 0 fully saturated rings. The summed E-state index contributed by atoms with van der Waals surface area (Å²) in [4.78, 5) is 16.7. The molecule has 0 atom stereocenters. The van der Waals surface area contributed by atoms with Gasteiger partial charge in [0.2, 0.25) is 15.9 Å². The lowest BCUT2D eigenvalue weighted by Gasteiger charge is -2.13. The molecule has 158 valence electrons. The second-order valence-electron chi connectivity index (χ2n) is 6.75. The van der Waals surface area contributed by atoms with Crippen LogP contribution in [0, 0.1) is 0 Å². The van der Waals surface area contributed by atoms with Crippen molar-refractivity contribution >= 4 is 15.9 Å². The molecule has 0 saturated carbocycles. The Balaban J connectivity index is 1.61. The SMILES string of the molecule is CC(C)Oc1ncccc1CNC(=O)c1ccc(S(=O)(=O)NCc2ccco2)cc1. The number of hydrogen-bond acceptors (Lipinski definition) is 6. The van der Waals surface area contributed by atoms with Gasteiger partial charge in [-0.05, 0) is 56.3 Å². The van der Waals surface area contributed by atoms with E-state index in [2.05, 4.69) is 15.0 Å². The topological polar surface area (TPSA) is 111 Å². The average molecular weight is 429 g/mol. The zero-order chi connectivity index (χ0) is 21.6. The minimum absolute atomic E-state index is 0.0368. The fourth-order valence-corrected chi connectivity index (χ4v) is 3.61. The van der Waals surface area contributed by atoms with Crippen LogP contribution in [-0.4, -0.2) is 25.4 Å². The van der Waals surface area contributed by atoms with Gasteiger partial charge in [0.15, 0.2) is 0 Å². The second-order valence-corrected chi connectivity index (χ2v) is 8.51. The fourth-order valence-electron chi connectivity index (χ4n) is 2.61. The van der Waals surface area contributed by atoms with E-state index >= 15 is 0 Å². The highest BCUT2D eigenvalue weighted by atomic mass is 32.2. The molecule has 0 spiro atoms. The van der Waals surface area contributed by atoms with Gasteiger partial charge < -0.3 is 14.5 Å². The number of benzene rings is 1. The van der Waals surface area contributed by atoms with Crippen LogP contribution in [-0.2, 0) is 23.1 Å². The first-order valence-electron chi connectivity index (χ1n) is 9.36. The highest BCUT2D eigenvalue weighted by Crippen LogP contribution is 2.16. The highest BCUT2D eigenvalue weighted by Gasteiger charge is 2.16. The number of carbonyl (C=O) groups is 1. The number of sulfonamides is 1. The molecule has 3 aromatic rings. The summed E-state index contributed by atoms with van der Waals surface area (Å²) in [6.07, 6.45) is 3.06. The summed E-state index contributed by atoms with van der Waals surface area (Å²) in [5.74, 6) is 0.643. The van der Waals surface area contributed by atoms with Gasteiger partial charge in [-0.25, -0.2) is 18.1 Å². The molecule has 3 rings (SSSR count). The molecule has 0 aliphatic heterocycles. The van der Waals surface area contributed by atoms with Crippen LogP contribution >= 0.6 is 0 Å². The van der Waals surface area contributed by atoms with Crippen LogP contribution in [0.25, 0.3) is 0 Å². The Kier molecular flexibility index (Phi) is 6.86. The number of ether oxygens (including phenoxy) is 1. The van der Waals surface area contributed by atoms with Crippen molar-refractivity contribution in [3.63, 3.8) is 0 Å². The molecule has 1 amide bonds. The Morgan fingerprint density at radius 3 is 2.53 bits per heavy atom. The summed E-state index contributed by atoms with van der Waals surface area (Å²) in [5.41, 5.74) is 1.09. The van der Waals surface area contributed by atoms with Crippen LogP contribution in [0.15, 0.2) is 70.3 Å². The van der Waals surface area contributed by atoms with Crippen molar-refractivity contribution in [2.24, 2.45) is 0 Å². The molecule has 0 radical (unpaired) electrons.